The number of carboxylic acids is 2. The first-order valence-corrected chi connectivity index (χ1v) is 32.4. The van der Waals surface area contributed by atoms with Gasteiger partial charge in [-0.25, -0.2) is 4.79 Å². The van der Waals surface area contributed by atoms with E-state index in [0.717, 1.165) is 10.8 Å². The number of rotatable bonds is 13. The molecule has 2 fully saturated rings. The quantitative estimate of drug-likeness (QED) is 0.0851. The summed E-state index contributed by atoms with van der Waals surface area (Å²) >= 11 is 0. The molecular formula is C71H93N9O15. The van der Waals surface area contributed by atoms with Gasteiger partial charge in [0.25, 0.3) is 5.91 Å². The van der Waals surface area contributed by atoms with Gasteiger partial charge in [-0.2, -0.15) is 0 Å². The van der Waals surface area contributed by atoms with E-state index in [2.05, 4.69) is 37.2 Å². The van der Waals surface area contributed by atoms with E-state index in [1.54, 1.807) is 91.2 Å². The fourth-order valence-corrected chi connectivity index (χ4v) is 11.9. The van der Waals surface area contributed by atoms with E-state index in [1.165, 1.54) is 41.0 Å². The predicted octanol–water partition coefficient (Wildman–Crippen LogP) is 4.09. The summed E-state index contributed by atoms with van der Waals surface area (Å²) in [5, 5.41) is 42.6. The van der Waals surface area contributed by atoms with Crippen LogP contribution in [0.25, 0.3) is 10.8 Å². The van der Waals surface area contributed by atoms with Crippen LogP contribution in [-0.2, 0) is 71.9 Å². The van der Waals surface area contributed by atoms with Gasteiger partial charge in [-0.1, -0.05) is 114 Å². The summed E-state index contributed by atoms with van der Waals surface area (Å²) < 4.78 is 12.2. The number of nitrogens with one attached hydrogen (secondary N) is 7. The molecule has 10 rings (SSSR count). The Labute approximate surface area is 554 Å². The Morgan fingerprint density at radius 3 is 1.88 bits per heavy atom. The fourth-order valence-electron chi connectivity index (χ4n) is 11.9. The molecule has 2 saturated heterocycles. The van der Waals surface area contributed by atoms with Crippen LogP contribution in [0.15, 0.2) is 103 Å². The molecule has 0 radical (unpaired) electrons. The van der Waals surface area contributed by atoms with Crippen LogP contribution >= 0.6 is 0 Å². The van der Waals surface area contributed by atoms with E-state index in [1.807, 2.05) is 57.2 Å². The van der Waals surface area contributed by atoms with Crippen molar-refractivity contribution in [1.29, 1.82) is 0 Å². The number of aliphatic carboxylic acids is 2. The van der Waals surface area contributed by atoms with Gasteiger partial charge in [0.05, 0.1) is 36.8 Å². The second-order valence-electron chi connectivity index (χ2n) is 27.3. The van der Waals surface area contributed by atoms with Gasteiger partial charge in [-0.3, -0.25) is 47.9 Å². The molecule has 24 heteroatoms. The third kappa shape index (κ3) is 19.9. The average Bonchev–Trinajstić information content (AvgIpc) is 1.70. The number of likely N-dealkylation sites (N-methyl/N-ethyl adjacent to an activating group) is 2. The number of hydrogen-bond donors (Lipinski definition) is 9. The Kier molecular flexibility index (Phi) is 25.2. The van der Waals surface area contributed by atoms with Crippen molar-refractivity contribution in [1.82, 2.24) is 47.0 Å². The lowest BCUT2D eigenvalue weighted by Crippen LogP contribution is -2.61. The number of Topliss-reactive ketones (excluding diaryl/α,β-unsaturated/α-hetero) is 2. The number of likely N-dealkylation sites (tertiary alicyclic amines) is 2. The molecule has 4 aromatic carbocycles. The summed E-state index contributed by atoms with van der Waals surface area (Å²) in [6.07, 6.45) is 1.62. The van der Waals surface area contributed by atoms with E-state index in [-0.39, 0.29) is 76.2 Å². The molecular weight excluding hydrogens is 1220 g/mol. The molecule has 6 aliphatic rings. The molecule has 12 atom stereocenters. The smallest absolute Gasteiger partial charge is 0.326 e. The van der Waals surface area contributed by atoms with Crippen molar-refractivity contribution in [3.8, 4) is 5.75 Å². The number of carbonyl (C=O) groups excluding carboxylic acids is 9. The SMILES string of the molecule is CN[C@@H](C)C(=O)C[C@H](C(=O)N1C[C@@H]2C[C@H]1C(=O)N[C@@H](C)C(=O)C[C@H](C(=O)O)Cc1ccc(cc1)C(=O)N[C@H]1C[C@@H](C(=O)N[C@@H](Cc3ccc4ccccc4c3)C(=O)N[C@H](C(=O)O)Cc3ccc(cc3)OC/C=C/CO2)N(C(=O)[C@@H](NC(=O)[C@H](C)NC)C(C)(C)C)C1)C(C)(C)C. The van der Waals surface area contributed by atoms with Crippen LogP contribution in [0.1, 0.15) is 115 Å². The van der Waals surface area contributed by atoms with Gasteiger partial charge in [0.2, 0.25) is 35.4 Å². The number of amides is 7. The maximum absolute atomic E-state index is 15.1. The highest BCUT2D eigenvalue weighted by atomic mass is 16.5. The monoisotopic (exact) mass is 1310 g/mol. The van der Waals surface area contributed by atoms with Crippen LogP contribution in [0, 0.1) is 22.7 Å². The highest BCUT2D eigenvalue weighted by Gasteiger charge is 2.48. The van der Waals surface area contributed by atoms with Gasteiger partial charge in [0.1, 0.15) is 48.3 Å². The van der Waals surface area contributed by atoms with Gasteiger partial charge >= 0.3 is 11.9 Å². The van der Waals surface area contributed by atoms with Gasteiger partial charge < -0.3 is 66.7 Å². The number of benzene rings is 4. The van der Waals surface area contributed by atoms with Crippen LogP contribution in [0.5, 0.6) is 5.75 Å². The van der Waals surface area contributed by atoms with E-state index >= 15 is 9.59 Å². The Morgan fingerprint density at radius 1 is 0.642 bits per heavy atom. The number of fused-ring (bicyclic) bond motifs is 1. The minimum absolute atomic E-state index is 0.00743. The maximum Gasteiger partial charge on any atom is 0.326 e. The zero-order chi connectivity index (χ0) is 69.6. The number of nitrogens with zero attached hydrogens (tertiary/aromatic N) is 2. The molecule has 24 nitrogen and oxygen atoms in total. The number of carboxylic acid groups (broad SMARTS) is 2. The largest absolute Gasteiger partial charge is 0.490 e. The minimum Gasteiger partial charge on any atom is -0.490 e. The van der Waals surface area contributed by atoms with Crippen molar-refractivity contribution in [2.24, 2.45) is 22.7 Å². The topological polar surface area (TPSA) is 337 Å². The zero-order valence-corrected chi connectivity index (χ0v) is 56.1. The Balaban J connectivity index is 1.20. The van der Waals surface area contributed by atoms with Crippen LogP contribution < -0.4 is 42.0 Å². The highest BCUT2D eigenvalue weighted by molar-refractivity contribution is 5.99. The van der Waals surface area contributed by atoms with Crippen molar-refractivity contribution in [3.63, 3.8) is 0 Å². The second kappa shape index (κ2) is 32.5. The number of ether oxygens (including phenoxy) is 2. The summed E-state index contributed by atoms with van der Waals surface area (Å²) in [5.74, 6) is -9.58. The molecule has 0 aromatic heterocycles. The predicted molar refractivity (Wildman–Crippen MR) is 355 cm³/mol. The van der Waals surface area contributed by atoms with Crippen molar-refractivity contribution in [2.75, 3.05) is 40.4 Å². The number of ketones is 2. The van der Waals surface area contributed by atoms with Crippen molar-refractivity contribution >= 4 is 75.6 Å². The van der Waals surface area contributed by atoms with Gasteiger partial charge in [-0.05, 0) is 116 Å². The molecule has 6 aliphatic heterocycles. The molecule has 8 bridgehead atoms. The van der Waals surface area contributed by atoms with E-state index in [4.69, 9.17) is 9.47 Å². The summed E-state index contributed by atoms with van der Waals surface area (Å²) in [7, 11) is 3.23. The standard InChI is InChI=1S/C71H93N9O15/c1-40(72-10)59(82)37-53(70(4,5)6)66(88)80-39-52-36-57(80)64(86)74-41(2)58(81)34-49(68(90)91)30-43-18-24-47(25-19-43)62(84)75-50-35-56(79(38-50)67(89)60(71(7,8)9)78-61(83)42(3)73-11)65(87)76-54(33-45-20-23-46-16-12-13-17-48(46)31-45)63(85)77-55(69(92)93)32-44-21-26-51(27-22-44)94-28-14-15-29-95-52/h12-27,31,40-42,49-50,52-57,60,72-73H,28-30,32-39H2,1-11H3,(H,74,86)(H,75,84)(H,76,87)(H,77,85)(H,78,83)(H,90,91)(H,92,93)/b15-14+/t40-,41-,42-,49+,50-,52-,53+,54-,55-,56-,57-,60+/m0/s1. The highest BCUT2D eigenvalue weighted by Crippen LogP contribution is 2.35. The summed E-state index contributed by atoms with van der Waals surface area (Å²) in [6, 6.07) is 15.8. The van der Waals surface area contributed by atoms with Crippen LogP contribution in [-0.4, -0.2) is 186 Å². The molecule has 0 saturated carbocycles. The minimum atomic E-state index is -1.49. The van der Waals surface area contributed by atoms with E-state index in [0.29, 0.717) is 22.4 Å². The van der Waals surface area contributed by atoms with Crippen LogP contribution in [0.3, 0.4) is 0 Å². The fraction of sp³-hybridized carbons (Fsp3) is 0.507. The van der Waals surface area contributed by atoms with Crippen LogP contribution in [0.4, 0.5) is 0 Å². The molecule has 0 aliphatic carbocycles. The molecule has 9 N–H and O–H groups in total. The van der Waals surface area contributed by atoms with Crippen molar-refractivity contribution < 1.29 is 72.4 Å². The lowest BCUT2D eigenvalue weighted by molar-refractivity contribution is -0.147. The van der Waals surface area contributed by atoms with Crippen LogP contribution in [0.2, 0.25) is 0 Å². The molecule has 4 aromatic rings. The first kappa shape index (κ1) is 73.5. The molecule has 95 heavy (non-hydrogen) atoms. The average molecular weight is 1310 g/mol. The maximum atomic E-state index is 15.1. The molecule has 0 unspecified atom stereocenters. The van der Waals surface area contributed by atoms with E-state index in [9.17, 15) is 53.4 Å². The van der Waals surface area contributed by atoms with Crippen molar-refractivity contribution in [2.45, 2.75) is 168 Å². The van der Waals surface area contributed by atoms with E-state index < -0.39 is 149 Å². The summed E-state index contributed by atoms with van der Waals surface area (Å²) in [4.78, 5) is 157. The second-order valence-corrected chi connectivity index (χ2v) is 27.3. The first-order chi connectivity index (χ1) is 44.8. The molecule has 0 spiro atoms. The third-order valence-electron chi connectivity index (χ3n) is 18.1. The summed E-state index contributed by atoms with van der Waals surface area (Å²) in [5.41, 5.74) is 0.104. The lowest BCUT2D eigenvalue weighted by atomic mass is 9.76. The first-order valence-electron chi connectivity index (χ1n) is 32.4. The number of carbonyl (C=O) groups is 11. The van der Waals surface area contributed by atoms with Gasteiger partial charge in [-0.15, -0.1) is 0 Å². The molecule has 512 valence electrons. The molecule has 6 heterocycles. The third-order valence-corrected chi connectivity index (χ3v) is 18.1. The van der Waals surface area contributed by atoms with Gasteiger partial charge in [0, 0.05) is 62.7 Å². The normalized spacial score (nSPS) is 24.0. The van der Waals surface area contributed by atoms with Gasteiger partial charge in [0.15, 0.2) is 5.78 Å². The zero-order valence-electron chi connectivity index (χ0n) is 56.1. The Bertz CT molecular complexity index is 3490. The Morgan fingerprint density at radius 2 is 1.25 bits per heavy atom. The van der Waals surface area contributed by atoms with Crippen molar-refractivity contribution in [3.05, 3.63) is 125 Å². The summed E-state index contributed by atoms with van der Waals surface area (Å²) in [6.45, 7) is 15.4. The Hall–Kier alpha value is -8.87. The number of hydrogen-bond acceptors (Lipinski definition) is 15. The lowest BCUT2D eigenvalue weighted by Gasteiger charge is -2.36. The molecule has 7 amide bonds.